The van der Waals surface area contributed by atoms with Gasteiger partial charge in [-0.05, 0) is 61.8 Å². The number of aliphatic imine (C=N–C) groups is 1. The van der Waals surface area contributed by atoms with Crippen LogP contribution in [0.1, 0.15) is 57.6 Å². The number of phenols is 1. The topological polar surface area (TPSA) is 372 Å². The molecule has 2 aliphatic heterocycles. The lowest BCUT2D eigenvalue weighted by atomic mass is 9.95. The van der Waals surface area contributed by atoms with Crippen molar-refractivity contribution >= 4 is 57.8 Å². The highest BCUT2D eigenvalue weighted by atomic mass is 32.3. The second-order valence-corrected chi connectivity index (χ2v) is 17.6. The predicted octanol–water partition coefficient (Wildman–Crippen LogP) is -2.91. The van der Waals surface area contributed by atoms with Crippen LogP contribution in [0, 0.1) is 5.92 Å². The lowest BCUT2D eigenvalue weighted by Gasteiger charge is -2.43. The number of esters is 1. The van der Waals surface area contributed by atoms with Gasteiger partial charge in [0.15, 0.2) is 12.1 Å². The molecule has 4 rings (SSSR count). The highest BCUT2D eigenvalue weighted by Gasteiger charge is 2.46. The summed E-state index contributed by atoms with van der Waals surface area (Å²) >= 11 is 0. The van der Waals surface area contributed by atoms with E-state index in [1.165, 1.54) is 31.3 Å². The zero-order chi connectivity index (χ0) is 49.7. The second-order valence-electron chi connectivity index (χ2n) is 16.5. The lowest BCUT2D eigenvalue weighted by molar-refractivity contribution is -0.165. The number of fused-ring (bicyclic) bond motifs is 2. The number of aromatic hydroxyl groups is 1. The summed E-state index contributed by atoms with van der Waals surface area (Å²) in [5.74, 6) is -8.40. The molecule has 0 aliphatic carbocycles. The molecule has 2 fully saturated rings. The van der Waals surface area contributed by atoms with E-state index in [0.29, 0.717) is 11.1 Å². The Morgan fingerprint density at radius 2 is 1.54 bits per heavy atom. The number of rotatable bonds is 14. The number of piperidine rings is 1. The van der Waals surface area contributed by atoms with Gasteiger partial charge in [-0.3, -0.25) is 38.3 Å². The van der Waals surface area contributed by atoms with Gasteiger partial charge in [0.2, 0.25) is 29.5 Å². The van der Waals surface area contributed by atoms with Crippen molar-refractivity contribution in [2.24, 2.45) is 22.4 Å². The summed E-state index contributed by atoms with van der Waals surface area (Å²) in [7, 11) is -3.82. The number of guanidine groups is 1. The molecule has 6 amide bonds. The van der Waals surface area contributed by atoms with E-state index in [9.17, 15) is 57.3 Å². The number of nitrogens with zero attached hydrogens (tertiary/aromatic N) is 3. The molecule has 0 aromatic heterocycles. The number of hydrogen-bond acceptors (Lipinski definition) is 15. The average Bonchev–Trinajstić information content (AvgIpc) is 3.26. The van der Waals surface area contributed by atoms with Gasteiger partial charge < -0.3 is 62.6 Å². The number of nitrogens with one attached hydrogen (secondary N) is 4. The van der Waals surface area contributed by atoms with Crippen molar-refractivity contribution in [3.8, 4) is 5.75 Å². The Balaban J connectivity index is 1.87. The molecule has 0 unspecified atom stereocenters. The van der Waals surface area contributed by atoms with Crippen LogP contribution in [0.5, 0.6) is 5.75 Å². The van der Waals surface area contributed by atoms with Crippen LogP contribution < -0.4 is 32.7 Å². The van der Waals surface area contributed by atoms with Crippen LogP contribution in [0.4, 0.5) is 0 Å². The van der Waals surface area contributed by atoms with Crippen LogP contribution in [-0.4, -0.2) is 160 Å². The molecule has 2 saturated heterocycles. The van der Waals surface area contributed by atoms with Gasteiger partial charge in [0, 0.05) is 26.4 Å². The van der Waals surface area contributed by atoms with Crippen LogP contribution in [0.2, 0.25) is 0 Å². The molecule has 25 heteroatoms. The minimum absolute atomic E-state index is 0.0364. The summed E-state index contributed by atoms with van der Waals surface area (Å²) in [5.41, 5.74) is 12.0. The molecular formula is C42H59N9O15S. The maximum absolute atomic E-state index is 15.0. The summed E-state index contributed by atoms with van der Waals surface area (Å²) < 4.78 is 41.0. The SMILES string of the molecule is CC(C)[C@@H]1NC(=O)[C@H](Cc2ccc(O)cc2)N(C)C(=O)[C@H](Cc2ccccc2)N2C(=O)[C@H](CC[C@H]2O)NC(=O)[C@H](CCCN=C(N)N)NC(=O)[C@@H](NC(=O)[C@H](O)COS(=O)(=O)O)[C@@H](C)OC1=O. The molecule has 0 spiro atoms. The number of hydrogen-bond donors (Lipinski definition) is 10. The van der Waals surface area contributed by atoms with E-state index >= 15 is 0 Å². The molecule has 2 bridgehead atoms. The summed E-state index contributed by atoms with van der Waals surface area (Å²) in [6.07, 6.45) is -6.33. The Kier molecular flexibility index (Phi) is 18.9. The van der Waals surface area contributed by atoms with Gasteiger partial charge >= 0.3 is 16.4 Å². The number of phenolic OH excluding ortho intramolecular Hbond substituents is 1. The number of carbonyl (C=O) groups is 7. The molecule has 9 atom stereocenters. The third kappa shape index (κ3) is 15.3. The Hall–Kier alpha value is -6.41. The van der Waals surface area contributed by atoms with Crippen LogP contribution in [-0.2, 0) is 65.7 Å². The third-order valence-electron chi connectivity index (χ3n) is 11.1. The molecule has 2 heterocycles. The quantitative estimate of drug-likeness (QED) is 0.0298. The van der Waals surface area contributed by atoms with E-state index in [4.69, 9.17) is 20.8 Å². The van der Waals surface area contributed by atoms with E-state index < -0.39 is 119 Å². The van der Waals surface area contributed by atoms with Gasteiger partial charge in [-0.25, -0.2) is 8.98 Å². The number of likely N-dealkylation sites (N-methyl/N-ethyl adjacent to an activating group) is 1. The van der Waals surface area contributed by atoms with Crippen molar-refractivity contribution in [2.75, 3.05) is 20.2 Å². The first kappa shape index (κ1) is 53.2. The van der Waals surface area contributed by atoms with Crippen molar-refractivity contribution in [3.05, 3.63) is 65.7 Å². The Labute approximate surface area is 386 Å². The monoisotopic (exact) mass is 961 g/mol. The van der Waals surface area contributed by atoms with E-state index in [1.807, 2.05) is 0 Å². The van der Waals surface area contributed by atoms with Crippen molar-refractivity contribution in [1.82, 2.24) is 31.1 Å². The van der Waals surface area contributed by atoms with E-state index in [0.717, 1.165) is 16.7 Å². The normalized spacial score (nSPS) is 25.4. The molecular weight excluding hydrogens is 903 g/mol. The van der Waals surface area contributed by atoms with Gasteiger partial charge in [-0.2, -0.15) is 8.42 Å². The van der Waals surface area contributed by atoms with Crippen molar-refractivity contribution in [2.45, 2.75) is 114 Å². The first-order valence-corrected chi connectivity index (χ1v) is 22.7. The molecule has 368 valence electrons. The largest absolute Gasteiger partial charge is 0.508 e. The third-order valence-corrected chi connectivity index (χ3v) is 11.5. The Bertz CT molecular complexity index is 2230. The van der Waals surface area contributed by atoms with Crippen LogP contribution in [0.15, 0.2) is 59.6 Å². The number of carbonyl (C=O) groups excluding carboxylic acids is 7. The highest BCUT2D eigenvalue weighted by molar-refractivity contribution is 7.80. The fraction of sp³-hybridized carbons (Fsp3) is 0.524. The molecule has 67 heavy (non-hydrogen) atoms. The number of nitrogens with two attached hydrogens (primary N) is 2. The molecule has 0 radical (unpaired) electrons. The Morgan fingerprint density at radius 3 is 2.15 bits per heavy atom. The molecule has 0 saturated carbocycles. The highest BCUT2D eigenvalue weighted by Crippen LogP contribution is 2.25. The van der Waals surface area contributed by atoms with Gasteiger partial charge in [0.25, 0.3) is 5.91 Å². The van der Waals surface area contributed by atoms with Gasteiger partial charge in [0.05, 0.1) is 0 Å². The van der Waals surface area contributed by atoms with Crippen molar-refractivity contribution in [3.63, 3.8) is 0 Å². The second kappa shape index (κ2) is 23.9. The Morgan fingerprint density at radius 1 is 0.910 bits per heavy atom. The standard InChI is InChI=1S/C42H59N9O15S/c1-22(2)33-41(61)66-23(3)34(49-37(57)31(53)21-65-67(62,63)64)38(58)46-27(11-8-18-45-42(43)44)35(55)47-28-16-17-32(54)51(39(28)59)30(20-24-9-6-5-7-10-24)40(60)50(4)29(36(56)48-33)19-25-12-14-26(52)15-13-25/h5-7,9-10,12-15,22-23,27-34,52-54H,8,11,16-21H2,1-4H3,(H,46,58)(H,47,55)(H,48,56)(H,49,57)(H4,43,44,45)(H,62,63,64)/t23-,27+,28+,29+,30+,31-,32-,33+,34+/m1/s1. The number of amides is 6. The number of aliphatic hydroxyl groups excluding tert-OH is 2. The van der Waals surface area contributed by atoms with Crippen LogP contribution in [0.3, 0.4) is 0 Å². The number of cyclic esters (lactones) is 1. The first-order chi connectivity index (χ1) is 31.5. The minimum atomic E-state index is -5.14. The van der Waals surface area contributed by atoms with Crippen LogP contribution in [0.25, 0.3) is 0 Å². The number of benzene rings is 2. The van der Waals surface area contributed by atoms with Crippen molar-refractivity contribution < 1.29 is 70.8 Å². The fourth-order valence-corrected chi connectivity index (χ4v) is 7.74. The van der Waals surface area contributed by atoms with Crippen molar-refractivity contribution in [1.29, 1.82) is 0 Å². The molecule has 2 aromatic rings. The zero-order valence-corrected chi connectivity index (χ0v) is 38.1. The van der Waals surface area contributed by atoms with Gasteiger partial charge in [-0.15, -0.1) is 0 Å². The molecule has 2 aromatic carbocycles. The average molecular weight is 962 g/mol. The summed E-state index contributed by atoms with van der Waals surface area (Å²) in [4.78, 5) is 106. The van der Waals surface area contributed by atoms with Gasteiger partial charge in [0.1, 0.15) is 60.9 Å². The van der Waals surface area contributed by atoms with Gasteiger partial charge in [-0.1, -0.05) is 56.3 Å². The predicted molar refractivity (Wildman–Crippen MR) is 236 cm³/mol. The van der Waals surface area contributed by atoms with E-state index in [2.05, 4.69) is 30.4 Å². The number of aliphatic hydroxyl groups is 2. The summed E-state index contributed by atoms with van der Waals surface area (Å²) in [6.45, 7) is 2.92. The summed E-state index contributed by atoms with van der Waals surface area (Å²) in [5, 5.41) is 41.7. The van der Waals surface area contributed by atoms with Crippen LogP contribution >= 0.6 is 0 Å². The maximum atomic E-state index is 15.0. The first-order valence-electron chi connectivity index (χ1n) is 21.3. The number of ether oxygens (including phenoxy) is 1. The zero-order valence-electron chi connectivity index (χ0n) is 37.3. The van der Waals surface area contributed by atoms with E-state index in [-0.39, 0.29) is 56.8 Å². The smallest absolute Gasteiger partial charge is 0.397 e. The summed E-state index contributed by atoms with van der Waals surface area (Å²) in [6, 6.07) is 4.98. The lowest BCUT2D eigenvalue weighted by Crippen LogP contribution is -2.65. The molecule has 24 nitrogen and oxygen atoms in total. The minimum Gasteiger partial charge on any atom is -0.508 e. The van der Waals surface area contributed by atoms with E-state index in [1.54, 1.807) is 44.2 Å². The molecule has 12 N–H and O–H groups in total. The fourth-order valence-electron chi connectivity index (χ4n) is 7.44. The molecule has 2 aliphatic rings. The maximum Gasteiger partial charge on any atom is 0.397 e.